The van der Waals surface area contributed by atoms with Crippen LogP contribution in [0, 0.1) is 0 Å². The second-order valence-corrected chi connectivity index (χ2v) is 7.71. The van der Waals surface area contributed by atoms with Crippen molar-refractivity contribution in [2.45, 2.75) is 13.0 Å². The van der Waals surface area contributed by atoms with Crippen LogP contribution in [0.2, 0.25) is 0 Å². The van der Waals surface area contributed by atoms with Crippen LogP contribution in [0.1, 0.15) is 18.5 Å². The van der Waals surface area contributed by atoms with Gasteiger partial charge in [-0.15, -0.1) is 0 Å². The molecule has 5 nitrogen and oxygen atoms in total. The molecule has 0 unspecified atom stereocenters. The van der Waals surface area contributed by atoms with Gasteiger partial charge < -0.3 is 14.8 Å². The molecule has 6 heteroatoms. The third-order valence-corrected chi connectivity index (χ3v) is 5.75. The average molecular weight is 389 g/mol. The minimum Gasteiger partial charge on any atom is -0.486 e. The van der Waals surface area contributed by atoms with Crippen LogP contribution in [0.15, 0.2) is 60.9 Å². The molecule has 1 aliphatic heterocycles. The summed E-state index contributed by atoms with van der Waals surface area (Å²) in [5.74, 6) is 1.64. The number of nitrogens with zero attached hydrogens (tertiary/aromatic N) is 2. The van der Waals surface area contributed by atoms with Gasteiger partial charge in [0.1, 0.15) is 13.2 Å². The maximum atomic E-state index is 5.85. The van der Waals surface area contributed by atoms with Crippen molar-refractivity contribution in [3.8, 4) is 22.6 Å². The Morgan fingerprint density at radius 1 is 1.00 bits per heavy atom. The lowest BCUT2D eigenvalue weighted by Crippen LogP contribution is -2.18. The van der Waals surface area contributed by atoms with E-state index in [1.165, 1.54) is 5.56 Å². The predicted octanol–water partition coefficient (Wildman–Crippen LogP) is 5.30. The molecule has 2 aromatic heterocycles. The smallest absolute Gasteiger partial charge is 0.184 e. The van der Waals surface area contributed by atoms with Crippen molar-refractivity contribution in [1.29, 1.82) is 0 Å². The first-order valence-corrected chi connectivity index (χ1v) is 10.1. The van der Waals surface area contributed by atoms with E-state index in [0.717, 1.165) is 38.0 Å². The van der Waals surface area contributed by atoms with Crippen LogP contribution < -0.4 is 14.8 Å². The van der Waals surface area contributed by atoms with Gasteiger partial charge in [0.25, 0.3) is 0 Å². The Morgan fingerprint density at radius 3 is 2.75 bits per heavy atom. The zero-order valence-corrected chi connectivity index (χ0v) is 16.2. The first-order chi connectivity index (χ1) is 13.8. The normalized spacial score (nSPS) is 14.0. The zero-order chi connectivity index (χ0) is 18.9. The Kier molecular flexibility index (Phi) is 4.33. The van der Waals surface area contributed by atoms with E-state index in [2.05, 4.69) is 41.5 Å². The number of rotatable bonds is 4. The number of para-hydroxylation sites is 1. The number of nitrogens with one attached hydrogen (secondary N) is 1. The molecule has 0 aliphatic carbocycles. The summed E-state index contributed by atoms with van der Waals surface area (Å²) in [5.41, 5.74) is 4.39. The van der Waals surface area contributed by atoms with E-state index >= 15 is 0 Å². The van der Waals surface area contributed by atoms with Crippen LogP contribution >= 0.6 is 11.3 Å². The first kappa shape index (κ1) is 17.0. The number of aromatic nitrogens is 2. The van der Waals surface area contributed by atoms with Crippen molar-refractivity contribution in [1.82, 2.24) is 9.97 Å². The Morgan fingerprint density at radius 2 is 1.86 bits per heavy atom. The van der Waals surface area contributed by atoms with E-state index in [4.69, 9.17) is 14.5 Å². The molecule has 4 aromatic rings. The number of anilines is 1. The fraction of sp³-hybridized carbons (Fsp3) is 0.182. The topological polar surface area (TPSA) is 56.3 Å². The molecule has 1 atom stereocenters. The van der Waals surface area contributed by atoms with Gasteiger partial charge in [0.15, 0.2) is 16.6 Å². The molecular weight excluding hydrogens is 370 g/mol. The second kappa shape index (κ2) is 7.13. The molecule has 0 fully saturated rings. The molecule has 0 spiro atoms. The molecule has 0 radical (unpaired) electrons. The van der Waals surface area contributed by atoms with Gasteiger partial charge in [-0.1, -0.05) is 29.5 Å². The van der Waals surface area contributed by atoms with Gasteiger partial charge in [0.05, 0.1) is 16.3 Å². The summed E-state index contributed by atoms with van der Waals surface area (Å²) >= 11 is 1.66. The third kappa shape index (κ3) is 3.16. The van der Waals surface area contributed by atoms with Gasteiger partial charge in [-0.05, 0) is 48.4 Å². The molecule has 1 N–H and O–H groups in total. The molecule has 3 heterocycles. The van der Waals surface area contributed by atoms with E-state index in [-0.39, 0.29) is 6.04 Å². The van der Waals surface area contributed by atoms with E-state index in [9.17, 15) is 0 Å². The largest absolute Gasteiger partial charge is 0.486 e. The number of thiazole rings is 1. The highest BCUT2D eigenvalue weighted by Gasteiger charge is 2.20. The van der Waals surface area contributed by atoms with Crippen molar-refractivity contribution in [2.75, 3.05) is 18.5 Å². The molecule has 140 valence electrons. The van der Waals surface area contributed by atoms with E-state index in [0.29, 0.717) is 13.2 Å². The highest BCUT2D eigenvalue weighted by molar-refractivity contribution is 7.22. The maximum Gasteiger partial charge on any atom is 0.184 e. The molecule has 0 saturated heterocycles. The van der Waals surface area contributed by atoms with Crippen molar-refractivity contribution in [2.24, 2.45) is 0 Å². The number of hydrogen-bond donors (Lipinski definition) is 1. The second-order valence-electron chi connectivity index (χ2n) is 6.67. The van der Waals surface area contributed by atoms with Gasteiger partial charge in [-0.3, -0.25) is 4.98 Å². The molecule has 5 rings (SSSR count). The van der Waals surface area contributed by atoms with Gasteiger partial charge >= 0.3 is 0 Å². The highest BCUT2D eigenvalue weighted by Crippen LogP contribution is 2.39. The standard InChI is InChI=1S/C22H19N3O2S/c1-14(17-3-2-4-19-21(17)27-12-11-26-19)24-22-25-18-6-5-16(13-20(18)28-22)15-7-9-23-10-8-15/h2-10,13-14H,11-12H2,1H3,(H,24,25)/t14-/m0/s1. The summed E-state index contributed by atoms with van der Waals surface area (Å²) < 4.78 is 12.7. The predicted molar refractivity (Wildman–Crippen MR) is 112 cm³/mol. The third-order valence-electron chi connectivity index (χ3n) is 4.81. The number of benzene rings is 2. The van der Waals surface area contributed by atoms with Crippen LogP contribution in [0.4, 0.5) is 5.13 Å². The average Bonchev–Trinajstić information content (AvgIpc) is 3.15. The lowest BCUT2D eigenvalue weighted by molar-refractivity contribution is 0.169. The van der Waals surface area contributed by atoms with E-state index in [1.807, 2.05) is 36.7 Å². The summed E-state index contributed by atoms with van der Waals surface area (Å²) in [5, 5.41) is 4.41. The summed E-state index contributed by atoms with van der Waals surface area (Å²) in [6, 6.07) is 16.5. The SMILES string of the molecule is C[C@H](Nc1nc2ccc(-c3ccncc3)cc2s1)c1cccc2c1OCCO2. The minimum absolute atomic E-state index is 0.0527. The number of pyridine rings is 1. The summed E-state index contributed by atoms with van der Waals surface area (Å²) in [6.45, 7) is 3.29. The quantitative estimate of drug-likeness (QED) is 0.513. The van der Waals surface area contributed by atoms with Gasteiger partial charge in [0, 0.05) is 18.0 Å². The first-order valence-electron chi connectivity index (χ1n) is 9.24. The molecule has 0 bridgehead atoms. The summed E-state index contributed by atoms with van der Waals surface area (Å²) in [6.07, 6.45) is 3.63. The Bertz CT molecular complexity index is 1130. The zero-order valence-electron chi connectivity index (χ0n) is 15.4. The Hall–Kier alpha value is -3.12. The molecule has 0 saturated carbocycles. The monoisotopic (exact) mass is 389 g/mol. The van der Waals surface area contributed by atoms with Crippen LogP contribution in [0.5, 0.6) is 11.5 Å². The van der Waals surface area contributed by atoms with Crippen LogP contribution in [-0.2, 0) is 0 Å². The van der Waals surface area contributed by atoms with Crippen molar-refractivity contribution >= 4 is 26.7 Å². The Balaban J connectivity index is 1.43. The summed E-state index contributed by atoms with van der Waals surface area (Å²) in [7, 11) is 0. The lowest BCUT2D eigenvalue weighted by Gasteiger charge is -2.23. The van der Waals surface area contributed by atoms with E-state index < -0.39 is 0 Å². The molecule has 0 amide bonds. The molecule has 1 aliphatic rings. The van der Waals surface area contributed by atoms with Gasteiger partial charge in [-0.2, -0.15) is 0 Å². The Labute approximate surface area is 167 Å². The number of hydrogen-bond acceptors (Lipinski definition) is 6. The van der Waals surface area contributed by atoms with Gasteiger partial charge in [0.2, 0.25) is 0 Å². The number of ether oxygens (including phenoxy) is 2. The fourth-order valence-electron chi connectivity index (χ4n) is 3.41. The molecule has 2 aromatic carbocycles. The van der Waals surface area contributed by atoms with Crippen LogP contribution in [0.3, 0.4) is 0 Å². The molecular formula is C22H19N3O2S. The fourth-order valence-corrected chi connectivity index (χ4v) is 4.40. The van der Waals surface area contributed by atoms with Crippen LogP contribution in [-0.4, -0.2) is 23.2 Å². The lowest BCUT2D eigenvalue weighted by atomic mass is 10.1. The highest BCUT2D eigenvalue weighted by atomic mass is 32.1. The van der Waals surface area contributed by atoms with Crippen molar-refractivity contribution < 1.29 is 9.47 Å². The maximum absolute atomic E-state index is 5.85. The summed E-state index contributed by atoms with van der Waals surface area (Å²) in [4.78, 5) is 8.84. The van der Waals surface area contributed by atoms with Crippen LogP contribution in [0.25, 0.3) is 21.3 Å². The van der Waals surface area contributed by atoms with Gasteiger partial charge in [-0.25, -0.2) is 4.98 Å². The van der Waals surface area contributed by atoms with E-state index in [1.54, 1.807) is 11.3 Å². The minimum atomic E-state index is 0.0527. The van der Waals surface area contributed by atoms with Crippen molar-refractivity contribution in [3.63, 3.8) is 0 Å². The number of fused-ring (bicyclic) bond motifs is 2. The molecule has 28 heavy (non-hydrogen) atoms. The van der Waals surface area contributed by atoms with Crippen molar-refractivity contribution in [3.05, 3.63) is 66.5 Å².